The molecule has 7 heteroatoms. The van der Waals surface area contributed by atoms with E-state index in [9.17, 15) is 13.2 Å². The number of aromatic nitrogens is 2. The van der Waals surface area contributed by atoms with Crippen LogP contribution in [-0.4, -0.2) is 30.5 Å². The van der Waals surface area contributed by atoms with Crippen molar-refractivity contribution >= 4 is 32.5 Å². The molecule has 1 amide bonds. The lowest BCUT2D eigenvalue weighted by Crippen LogP contribution is -2.14. The Kier molecular flexibility index (Phi) is 4.59. The Morgan fingerprint density at radius 2 is 1.96 bits per heavy atom. The summed E-state index contributed by atoms with van der Waals surface area (Å²) in [5, 5.41) is 2.78. The molecule has 1 heterocycles. The number of carbonyl (C=O) groups is 1. The van der Waals surface area contributed by atoms with E-state index in [1.165, 1.54) is 12.1 Å². The van der Waals surface area contributed by atoms with Gasteiger partial charge in [-0.1, -0.05) is 18.2 Å². The zero-order chi connectivity index (χ0) is 18.0. The molecule has 3 aromatic rings. The SMILES string of the molecule is Cc1ccc(S(C)(=O)=O)cc1NC(=O)CCc1nc2ccccc2[nH]1. The van der Waals surface area contributed by atoms with Crippen LogP contribution in [0.5, 0.6) is 0 Å². The van der Waals surface area contributed by atoms with Gasteiger partial charge in [-0.25, -0.2) is 13.4 Å². The van der Waals surface area contributed by atoms with Crippen LogP contribution in [0.15, 0.2) is 47.4 Å². The van der Waals surface area contributed by atoms with Crippen LogP contribution in [0.2, 0.25) is 0 Å². The molecule has 2 N–H and O–H groups in total. The van der Waals surface area contributed by atoms with Crippen molar-refractivity contribution in [2.24, 2.45) is 0 Å². The highest BCUT2D eigenvalue weighted by Gasteiger charge is 2.12. The number of imidazole rings is 1. The first-order valence-corrected chi connectivity index (χ1v) is 9.76. The molecule has 6 nitrogen and oxygen atoms in total. The minimum Gasteiger partial charge on any atom is -0.342 e. The number of hydrogen-bond acceptors (Lipinski definition) is 4. The molecule has 0 saturated carbocycles. The normalized spacial score (nSPS) is 11.6. The van der Waals surface area contributed by atoms with Crippen LogP contribution < -0.4 is 5.32 Å². The molecule has 0 bridgehead atoms. The molecule has 0 unspecified atom stereocenters. The van der Waals surface area contributed by atoms with Gasteiger partial charge in [-0.2, -0.15) is 0 Å². The first-order chi connectivity index (χ1) is 11.8. The Bertz CT molecular complexity index is 1010. The molecular formula is C18H19N3O3S. The van der Waals surface area contributed by atoms with Crippen molar-refractivity contribution < 1.29 is 13.2 Å². The predicted octanol–water partition coefficient (Wildman–Crippen LogP) is 2.85. The number of sulfone groups is 1. The number of benzene rings is 2. The van der Waals surface area contributed by atoms with Gasteiger partial charge >= 0.3 is 0 Å². The van der Waals surface area contributed by atoms with E-state index >= 15 is 0 Å². The molecule has 0 saturated heterocycles. The number of para-hydroxylation sites is 2. The van der Waals surface area contributed by atoms with E-state index in [0.29, 0.717) is 12.1 Å². The number of carbonyl (C=O) groups excluding carboxylic acids is 1. The largest absolute Gasteiger partial charge is 0.342 e. The topological polar surface area (TPSA) is 91.9 Å². The van der Waals surface area contributed by atoms with E-state index in [2.05, 4.69) is 15.3 Å². The summed E-state index contributed by atoms with van der Waals surface area (Å²) in [5.41, 5.74) is 3.13. The monoisotopic (exact) mass is 357 g/mol. The highest BCUT2D eigenvalue weighted by atomic mass is 32.2. The Labute approximate surface area is 146 Å². The number of aromatic amines is 1. The molecule has 0 atom stereocenters. The van der Waals surface area contributed by atoms with Crippen LogP contribution in [-0.2, 0) is 21.1 Å². The zero-order valence-corrected chi connectivity index (χ0v) is 14.9. The number of fused-ring (bicyclic) bond motifs is 1. The molecule has 0 aliphatic rings. The summed E-state index contributed by atoms with van der Waals surface area (Å²) in [7, 11) is -3.31. The van der Waals surface area contributed by atoms with Crippen molar-refractivity contribution in [3.05, 3.63) is 53.9 Å². The molecule has 0 aliphatic heterocycles. The fourth-order valence-corrected chi connectivity index (χ4v) is 3.18. The van der Waals surface area contributed by atoms with Crippen molar-refractivity contribution in [3.8, 4) is 0 Å². The Balaban J connectivity index is 1.68. The first-order valence-electron chi connectivity index (χ1n) is 7.87. The van der Waals surface area contributed by atoms with Crippen molar-refractivity contribution in [2.45, 2.75) is 24.7 Å². The number of rotatable bonds is 5. The minimum atomic E-state index is -3.31. The van der Waals surface area contributed by atoms with Gasteiger partial charge in [0.25, 0.3) is 0 Å². The standard InChI is InChI=1S/C18H19N3O3S/c1-12-7-8-13(25(2,23)24)11-16(12)21-18(22)10-9-17-19-14-5-3-4-6-15(14)20-17/h3-8,11H,9-10H2,1-2H3,(H,19,20)(H,21,22). The van der Waals surface area contributed by atoms with Gasteiger partial charge in [0.05, 0.1) is 15.9 Å². The third-order valence-electron chi connectivity index (χ3n) is 3.94. The Morgan fingerprint density at radius 3 is 2.68 bits per heavy atom. The summed E-state index contributed by atoms with van der Waals surface area (Å²) in [6.45, 7) is 1.82. The lowest BCUT2D eigenvalue weighted by molar-refractivity contribution is -0.116. The molecule has 0 radical (unpaired) electrons. The highest BCUT2D eigenvalue weighted by Crippen LogP contribution is 2.20. The number of nitrogens with one attached hydrogen (secondary N) is 2. The number of anilines is 1. The van der Waals surface area contributed by atoms with E-state index in [-0.39, 0.29) is 17.2 Å². The zero-order valence-electron chi connectivity index (χ0n) is 14.0. The third kappa shape index (κ3) is 4.06. The van der Waals surface area contributed by atoms with Gasteiger partial charge in [0.1, 0.15) is 5.82 Å². The molecular weight excluding hydrogens is 338 g/mol. The molecule has 0 fully saturated rings. The van der Waals surface area contributed by atoms with Crippen LogP contribution in [0.4, 0.5) is 5.69 Å². The van der Waals surface area contributed by atoms with E-state index in [1.54, 1.807) is 6.07 Å². The lowest BCUT2D eigenvalue weighted by atomic mass is 10.2. The number of nitrogens with zero attached hydrogens (tertiary/aromatic N) is 1. The summed E-state index contributed by atoms with van der Waals surface area (Å²) >= 11 is 0. The van der Waals surface area contributed by atoms with Gasteiger partial charge in [0.2, 0.25) is 5.91 Å². The van der Waals surface area contributed by atoms with E-state index in [0.717, 1.165) is 28.7 Å². The van der Waals surface area contributed by atoms with Gasteiger partial charge in [0, 0.05) is 24.8 Å². The van der Waals surface area contributed by atoms with E-state index in [1.807, 2.05) is 31.2 Å². The maximum Gasteiger partial charge on any atom is 0.224 e. The third-order valence-corrected chi connectivity index (χ3v) is 5.05. The molecule has 130 valence electrons. The van der Waals surface area contributed by atoms with E-state index in [4.69, 9.17) is 0 Å². The quantitative estimate of drug-likeness (QED) is 0.734. The number of H-pyrrole nitrogens is 1. The summed E-state index contributed by atoms with van der Waals surface area (Å²) < 4.78 is 23.3. The van der Waals surface area contributed by atoms with Gasteiger partial charge in [-0.3, -0.25) is 4.79 Å². The molecule has 0 aliphatic carbocycles. The average molecular weight is 357 g/mol. The summed E-state index contributed by atoms with van der Waals surface area (Å²) in [6, 6.07) is 12.4. The molecule has 25 heavy (non-hydrogen) atoms. The minimum absolute atomic E-state index is 0.186. The Morgan fingerprint density at radius 1 is 1.20 bits per heavy atom. The van der Waals surface area contributed by atoms with Crippen LogP contribution in [0.25, 0.3) is 11.0 Å². The van der Waals surface area contributed by atoms with Gasteiger partial charge in [0.15, 0.2) is 9.84 Å². The van der Waals surface area contributed by atoms with Gasteiger partial charge < -0.3 is 10.3 Å². The van der Waals surface area contributed by atoms with E-state index < -0.39 is 9.84 Å². The van der Waals surface area contributed by atoms with Crippen LogP contribution in [0, 0.1) is 6.92 Å². The second-order valence-corrected chi connectivity index (χ2v) is 8.01. The molecule has 1 aromatic heterocycles. The smallest absolute Gasteiger partial charge is 0.224 e. The second kappa shape index (κ2) is 6.68. The van der Waals surface area contributed by atoms with Crippen molar-refractivity contribution in [2.75, 3.05) is 11.6 Å². The first kappa shape index (κ1) is 17.2. The number of hydrogen-bond donors (Lipinski definition) is 2. The van der Waals surface area contributed by atoms with Crippen molar-refractivity contribution in [3.63, 3.8) is 0 Å². The van der Waals surface area contributed by atoms with Gasteiger partial charge in [-0.15, -0.1) is 0 Å². The number of amides is 1. The maximum atomic E-state index is 12.2. The van der Waals surface area contributed by atoms with Crippen LogP contribution in [0.1, 0.15) is 17.8 Å². The Hall–Kier alpha value is -2.67. The van der Waals surface area contributed by atoms with Crippen molar-refractivity contribution in [1.29, 1.82) is 0 Å². The molecule has 2 aromatic carbocycles. The van der Waals surface area contributed by atoms with Gasteiger partial charge in [-0.05, 0) is 36.8 Å². The highest BCUT2D eigenvalue weighted by molar-refractivity contribution is 7.90. The average Bonchev–Trinajstić information content (AvgIpc) is 2.97. The van der Waals surface area contributed by atoms with Crippen LogP contribution >= 0.6 is 0 Å². The second-order valence-electron chi connectivity index (χ2n) is 6.00. The fraction of sp³-hybridized carbons (Fsp3) is 0.222. The summed E-state index contributed by atoms with van der Waals surface area (Å²) in [5.74, 6) is 0.562. The summed E-state index contributed by atoms with van der Waals surface area (Å²) in [6.07, 6.45) is 1.87. The predicted molar refractivity (Wildman–Crippen MR) is 97.3 cm³/mol. The lowest BCUT2D eigenvalue weighted by Gasteiger charge is -2.09. The summed E-state index contributed by atoms with van der Waals surface area (Å²) in [4.78, 5) is 20.0. The van der Waals surface area contributed by atoms with Crippen molar-refractivity contribution in [1.82, 2.24) is 9.97 Å². The van der Waals surface area contributed by atoms with Crippen LogP contribution in [0.3, 0.4) is 0 Å². The molecule has 3 rings (SSSR count). The molecule has 0 spiro atoms. The maximum absolute atomic E-state index is 12.2. The fourth-order valence-electron chi connectivity index (χ4n) is 2.54. The number of aryl methyl sites for hydroxylation is 2.